The number of halogens is 4. The molecule has 0 spiro atoms. The van der Waals surface area contributed by atoms with Crippen LogP contribution in [0.2, 0.25) is 0 Å². The van der Waals surface area contributed by atoms with E-state index >= 15 is 0 Å². The summed E-state index contributed by atoms with van der Waals surface area (Å²) >= 11 is 0. The van der Waals surface area contributed by atoms with Gasteiger partial charge in [-0.1, -0.05) is 13.8 Å². The zero-order valence-corrected chi connectivity index (χ0v) is 30.9. The van der Waals surface area contributed by atoms with Gasteiger partial charge in [0.1, 0.15) is 13.2 Å². The van der Waals surface area contributed by atoms with E-state index in [-0.39, 0.29) is 43.0 Å². The average Bonchev–Trinajstić information content (AvgIpc) is 2.89. The van der Waals surface area contributed by atoms with Crippen molar-refractivity contribution in [3.05, 3.63) is 0 Å². The molecule has 0 saturated heterocycles. The summed E-state index contributed by atoms with van der Waals surface area (Å²) in [6, 6.07) is 0. The molecule has 11 nitrogen and oxygen atoms in total. The van der Waals surface area contributed by atoms with Gasteiger partial charge in [0.15, 0.2) is 0 Å². The Morgan fingerprint density at radius 3 is 1.86 bits per heavy atom. The Morgan fingerprint density at radius 1 is 0.816 bits per heavy atom. The molecule has 4 saturated carbocycles. The summed E-state index contributed by atoms with van der Waals surface area (Å²) in [5, 5.41) is -8.86. The Bertz CT molecular complexity index is 1380. The van der Waals surface area contributed by atoms with E-state index in [0.717, 1.165) is 12.8 Å². The number of fused-ring (bicyclic) bond motifs is 4. The number of rotatable bonds is 16. The van der Waals surface area contributed by atoms with E-state index in [4.69, 9.17) is 32.8 Å². The molecule has 0 heterocycles. The minimum Gasteiger partial charge on any atom is -0.378 e. The molecule has 4 fully saturated rings. The molecule has 0 amide bonds. The van der Waals surface area contributed by atoms with Gasteiger partial charge in [-0.05, 0) is 107 Å². The first-order valence-corrected chi connectivity index (χ1v) is 20.0. The molecule has 9 atom stereocenters. The number of hydrogen-bond donors (Lipinski definition) is 2. The maximum Gasteiger partial charge on any atom is 0.392 e. The van der Waals surface area contributed by atoms with Crippen LogP contribution >= 0.6 is 0 Å². The minimum absolute atomic E-state index is 0.00465. The quantitative estimate of drug-likeness (QED) is 0.141. The molecule has 0 aromatic carbocycles. The summed E-state index contributed by atoms with van der Waals surface area (Å²) in [5.41, 5.74) is -2.51. The Hall–Kier alpha value is -0.660. The fraction of sp³-hybridized carbons (Fsp3) is 1.00. The van der Waals surface area contributed by atoms with E-state index in [1.807, 2.05) is 20.8 Å². The molecule has 9 unspecified atom stereocenters. The van der Waals surface area contributed by atoms with Gasteiger partial charge in [-0.2, -0.15) is 34.4 Å². The smallest absolute Gasteiger partial charge is 0.378 e. The van der Waals surface area contributed by atoms with Crippen molar-refractivity contribution in [3.63, 3.8) is 0 Å². The van der Waals surface area contributed by atoms with Gasteiger partial charge in [0.05, 0.1) is 22.9 Å². The SMILES string of the molecule is CCOC12CC(COCC(F)(F)S(=O)(=O)O)CC(OC)(C1)CC(C)(C1C3CC(C)CC1(OC(C)C)CC(COCC(F)(F)S(=O)(=O)O)C3)C2. The molecular weight excluding hydrogens is 700 g/mol. The molecular formula is C32H54F4O11S2. The van der Waals surface area contributed by atoms with E-state index in [0.29, 0.717) is 57.5 Å². The van der Waals surface area contributed by atoms with Gasteiger partial charge < -0.3 is 23.7 Å². The molecule has 49 heavy (non-hydrogen) atoms. The fourth-order valence-electron chi connectivity index (χ4n) is 10.8. The van der Waals surface area contributed by atoms with Crippen LogP contribution in [-0.4, -0.2) is 99.5 Å². The second kappa shape index (κ2) is 14.3. The van der Waals surface area contributed by atoms with Crippen molar-refractivity contribution >= 4 is 20.2 Å². The molecule has 0 aromatic heterocycles. The van der Waals surface area contributed by atoms with Crippen molar-refractivity contribution in [1.29, 1.82) is 0 Å². The van der Waals surface area contributed by atoms with Gasteiger partial charge in [-0.3, -0.25) is 9.11 Å². The highest BCUT2D eigenvalue weighted by Crippen LogP contribution is 2.67. The number of alkyl halides is 4. The number of hydrogen-bond acceptors (Lipinski definition) is 9. The summed E-state index contributed by atoms with van der Waals surface area (Å²) in [6.07, 6.45) is 5.26. The molecule has 4 aliphatic rings. The second-order valence-corrected chi connectivity index (χ2v) is 19.1. The van der Waals surface area contributed by atoms with Crippen molar-refractivity contribution in [1.82, 2.24) is 0 Å². The highest BCUT2D eigenvalue weighted by molar-refractivity contribution is 7.87. The average molecular weight is 755 g/mol. The molecule has 4 bridgehead atoms. The van der Waals surface area contributed by atoms with Crippen LogP contribution in [0.25, 0.3) is 0 Å². The molecule has 2 N–H and O–H groups in total. The van der Waals surface area contributed by atoms with Gasteiger partial charge in [-0.25, -0.2) is 0 Å². The van der Waals surface area contributed by atoms with E-state index < -0.39 is 66.2 Å². The second-order valence-electron chi connectivity index (χ2n) is 16.0. The molecule has 0 aromatic rings. The molecule has 288 valence electrons. The van der Waals surface area contributed by atoms with Crippen LogP contribution in [0.5, 0.6) is 0 Å². The fourth-order valence-corrected chi connectivity index (χ4v) is 11.3. The Morgan fingerprint density at radius 2 is 1.35 bits per heavy atom. The van der Waals surface area contributed by atoms with Crippen LogP contribution in [0.4, 0.5) is 17.6 Å². The van der Waals surface area contributed by atoms with Gasteiger partial charge in [0.25, 0.3) is 0 Å². The first kappa shape index (κ1) is 41.1. The Kier molecular flexibility index (Phi) is 12.0. The van der Waals surface area contributed by atoms with Crippen LogP contribution in [-0.2, 0) is 43.9 Å². The van der Waals surface area contributed by atoms with E-state index in [9.17, 15) is 34.4 Å². The van der Waals surface area contributed by atoms with E-state index in [1.165, 1.54) is 0 Å². The maximum atomic E-state index is 14.0. The summed E-state index contributed by atoms with van der Waals surface area (Å²) < 4.78 is 148. The van der Waals surface area contributed by atoms with Crippen LogP contribution < -0.4 is 0 Å². The van der Waals surface area contributed by atoms with Crippen LogP contribution in [0.15, 0.2) is 0 Å². The van der Waals surface area contributed by atoms with Gasteiger partial charge in [0.2, 0.25) is 0 Å². The topological polar surface area (TPSA) is 155 Å². The molecule has 4 rings (SSSR count). The van der Waals surface area contributed by atoms with Crippen LogP contribution in [0, 0.1) is 35.0 Å². The van der Waals surface area contributed by atoms with Crippen LogP contribution in [0.3, 0.4) is 0 Å². The largest absolute Gasteiger partial charge is 0.392 e. The first-order valence-electron chi connectivity index (χ1n) is 17.1. The third-order valence-electron chi connectivity index (χ3n) is 11.2. The van der Waals surface area contributed by atoms with Gasteiger partial charge in [0, 0.05) is 33.4 Å². The Balaban J connectivity index is 1.62. The predicted octanol–water partition coefficient (Wildman–Crippen LogP) is 5.98. The highest BCUT2D eigenvalue weighted by Gasteiger charge is 2.66. The third kappa shape index (κ3) is 8.77. The summed E-state index contributed by atoms with van der Waals surface area (Å²) in [5.74, 6) is -0.0700. The standard InChI is InChI=1S/C32H54F4O11S2/c1-7-46-29-12-24(15-45-20-32(35,36)49(40,41)42)11-28(18-29,43-6)16-27(5,17-29)26-25-8-22(4)10-30(26,47-21(2)3)13-23(9-25)14-44-19-31(33,34)48(37,38)39/h21-26H,7-20H2,1-6H3,(H,37,38,39)(H,40,41,42). The lowest BCUT2D eigenvalue weighted by atomic mass is 9.43. The van der Waals surface area contributed by atoms with E-state index in [2.05, 4.69) is 13.8 Å². The van der Waals surface area contributed by atoms with E-state index in [1.54, 1.807) is 7.11 Å². The molecule has 4 aliphatic carbocycles. The lowest BCUT2D eigenvalue weighted by Gasteiger charge is -2.67. The van der Waals surface area contributed by atoms with Crippen molar-refractivity contribution in [2.24, 2.45) is 35.0 Å². The Labute approximate surface area is 288 Å². The number of ether oxygens (including phenoxy) is 5. The third-order valence-corrected chi connectivity index (χ3v) is 13.0. The summed E-state index contributed by atoms with van der Waals surface area (Å²) in [4.78, 5) is 0. The lowest BCUT2D eigenvalue weighted by molar-refractivity contribution is -0.276. The van der Waals surface area contributed by atoms with Crippen molar-refractivity contribution in [3.8, 4) is 0 Å². The normalized spacial score (nSPS) is 38.9. The molecule has 0 aliphatic heterocycles. The van der Waals surface area contributed by atoms with Crippen molar-refractivity contribution < 1.29 is 67.2 Å². The number of methoxy groups -OCH3 is 1. The molecule has 0 radical (unpaired) electrons. The minimum atomic E-state index is -5.63. The zero-order chi connectivity index (χ0) is 36.9. The maximum absolute atomic E-state index is 14.0. The molecule has 17 heteroatoms. The zero-order valence-electron chi connectivity index (χ0n) is 29.3. The highest BCUT2D eigenvalue weighted by atomic mass is 32.2. The van der Waals surface area contributed by atoms with Gasteiger partial charge >= 0.3 is 30.7 Å². The lowest BCUT2D eigenvalue weighted by Crippen LogP contribution is -2.67. The van der Waals surface area contributed by atoms with Crippen molar-refractivity contribution in [2.75, 3.05) is 40.1 Å². The summed E-state index contributed by atoms with van der Waals surface area (Å²) in [6.45, 7) is 7.37. The monoisotopic (exact) mass is 754 g/mol. The first-order chi connectivity index (χ1) is 22.4. The van der Waals surface area contributed by atoms with Crippen molar-refractivity contribution in [2.45, 2.75) is 126 Å². The predicted molar refractivity (Wildman–Crippen MR) is 170 cm³/mol. The summed E-state index contributed by atoms with van der Waals surface area (Å²) in [7, 11) is -9.62. The van der Waals surface area contributed by atoms with Crippen LogP contribution in [0.1, 0.15) is 92.4 Å². The van der Waals surface area contributed by atoms with Gasteiger partial charge in [-0.15, -0.1) is 0 Å².